The Morgan fingerprint density at radius 2 is 2.09 bits per heavy atom. The third-order valence-electron chi connectivity index (χ3n) is 3.96. The molecule has 0 aliphatic heterocycles. The number of sulfone groups is 1. The standard InChI is InChI=1S/C14H17N3O4S/c1-22(20,21)14-15-8-9-5-6-12(19)17(13(9)16-14)10-3-2-4-11(18)7-10/h5-6,8,10-11,18H,2-4,7H2,1H3/t10-,11-/m1/s1. The van der Waals surface area contributed by atoms with Gasteiger partial charge in [-0.2, -0.15) is 4.98 Å². The summed E-state index contributed by atoms with van der Waals surface area (Å²) in [5.41, 5.74) is 0.0618. The lowest BCUT2D eigenvalue weighted by molar-refractivity contribution is 0.104. The van der Waals surface area contributed by atoms with E-state index in [4.69, 9.17) is 0 Å². The van der Waals surface area contributed by atoms with Gasteiger partial charge in [-0.05, 0) is 31.7 Å². The Hall–Kier alpha value is -1.80. The Kier molecular flexibility index (Phi) is 3.73. The van der Waals surface area contributed by atoms with Crippen LogP contribution < -0.4 is 5.56 Å². The van der Waals surface area contributed by atoms with Crippen LogP contribution in [0.2, 0.25) is 0 Å². The minimum atomic E-state index is -3.55. The highest BCUT2D eigenvalue weighted by Gasteiger charge is 2.24. The van der Waals surface area contributed by atoms with Crippen LogP contribution in [-0.2, 0) is 9.84 Å². The highest BCUT2D eigenvalue weighted by atomic mass is 32.2. The zero-order valence-electron chi connectivity index (χ0n) is 12.1. The number of fused-ring (bicyclic) bond motifs is 1. The number of hydrogen-bond donors (Lipinski definition) is 1. The summed E-state index contributed by atoms with van der Waals surface area (Å²) >= 11 is 0. The molecule has 0 aromatic carbocycles. The number of aliphatic hydroxyl groups is 1. The summed E-state index contributed by atoms with van der Waals surface area (Å²) in [6, 6.07) is 2.83. The highest BCUT2D eigenvalue weighted by molar-refractivity contribution is 7.90. The van der Waals surface area contributed by atoms with E-state index in [1.54, 1.807) is 6.07 Å². The fourth-order valence-corrected chi connectivity index (χ4v) is 3.42. The summed E-state index contributed by atoms with van der Waals surface area (Å²) in [5, 5.41) is 10.2. The molecule has 0 bridgehead atoms. The largest absolute Gasteiger partial charge is 0.393 e. The fraction of sp³-hybridized carbons (Fsp3) is 0.500. The Bertz CT molecular complexity index is 875. The van der Waals surface area contributed by atoms with Crippen LogP contribution in [0.5, 0.6) is 0 Å². The van der Waals surface area contributed by atoms with E-state index in [1.165, 1.54) is 16.8 Å². The van der Waals surface area contributed by atoms with Crippen molar-refractivity contribution in [1.82, 2.24) is 14.5 Å². The summed E-state index contributed by atoms with van der Waals surface area (Å²) in [5.74, 6) is 0. The van der Waals surface area contributed by atoms with Crippen LogP contribution in [-0.4, -0.2) is 40.4 Å². The molecule has 1 fully saturated rings. The molecule has 22 heavy (non-hydrogen) atoms. The Labute approximate surface area is 127 Å². The maximum absolute atomic E-state index is 12.3. The first-order chi connectivity index (χ1) is 10.4. The van der Waals surface area contributed by atoms with Gasteiger partial charge in [0.15, 0.2) is 0 Å². The second-order valence-corrected chi connectivity index (χ2v) is 7.63. The minimum Gasteiger partial charge on any atom is -0.393 e. The second kappa shape index (κ2) is 5.44. The van der Waals surface area contributed by atoms with Crippen molar-refractivity contribution in [1.29, 1.82) is 0 Å². The number of pyridine rings is 1. The Morgan fingerprint density at radius 3 is 2.77 bits per heavy atom. The lowest BCUT2D eigenvalue weighted by Gasteiger charge is -2.28. The number of rotatable bonds is 2. The van der Waals surface area contributed by atoms with E-state index in [1.807, 2.05) is 0 Å². The smallest absolute Gasteiger partial charge is 0.252 e. The predicted octanol–water partition coefficient (Wildman–Crippen LogP) is 0.671. The molecule has 1 N–H and O–H groups in total. The van der Waals surface area contributed by atoms with Crippen LogP contribution >= 0.6 is 0 Å². The number of aromatic nitrogens is 3. The summed E-state index contributed by atoms with van der Waals surface area (Å²) in [6.45, 7) is 0. The third kappa shape index (κ3) is 2.76. The van der Waals surface area contributed by atoms with Gasteiger partial charge in [0.2, 0.25) is 15.0 Å². The molecule has 0 unspecified atom stereocenters. The Balaban J connectivity index is 2.23. The molecule has 2 aromatic heterocycles. The molecule has 8 heteroatoms. The van der Waals surface area contributed by atoms with Gasteiger partial charge < -0.3 is 5.11 Å². The van der Waals surface area contributed by atoms with E-state index in [0.29, 0.717) is 17.5 Å². The average Bonchev–Trinajstić information content (AvgIpc) is 2.45. The molecule has 0 radical (unpaired) electrons. The van der Waals surface area contributed by atoms with Crippen molar-refractivity contribution in [2.75, 3.05) is 6.26 Å². The lowest BCUT2D eigenvalue weighted by Crippen LogP contribution is -2.30. The van der Waals surface area contributed by atoms with Gasteiger partial charge in [-0.3, -0.25) is 9.36 Å². The molecule has 0 saturated heterocycles. The molecule has 2 atom stereocenters. The average molecular weight is 323 g/mol. The molecular formula is C14H17N3O4S. The SMILES string of the molecule is CS(=O)(=O)c1ncc2ccc(=O)n([C@@H]3CCC[C@@H](O)C3)c2n1. The van der Waals surface area contributed by atoms with Crippen molar-refractivity contribution in [3.8, 4) is 0 Å². The van der Waals surface area contributed by atoms with Crippen molar-refractivity contribution in [2.24, 2.45) is 0 Å². The minimum absolute atomic E-state index is 0.178. The maximum Gasteiger partial charge on any atom is 0.252 e. The molecule has 1 aliphatic rings. The quantitative estimate of drug-likeness (QED) is 0.815. The fourth-order valence-electron chi connectivity index (χ4n) is 2.93. The van der Waals surface area contributed by atoms with Crippen molar-refractivity contribution < 1.29 is 13.5 Å². The first-order valence-electron chi connectivity index (χ1n) is 7.12. The molecule has 1 aliphatic carbocycles. The van der Waals surface area contributed by atoms with Gasteiger partial charge in [0, 0.05) is 29.9 Å². The molecule has 2 heterocycles. The first kappa shape index (κ1) is 15.1. The molecule has 0 amide bonds. The van der Waals surface area contributed by atoms with Crippen LogP contribution in [0.25, 0.3) is 11.0 Å². The van der Waals surface area contributed by atoms with Gasteiger partial charge >= 0.3 is 0 Å². The predicted molar refractivity (Wildman–Crippen MR) is 80.4 cm³/mol. The van der Waals surface area contributed by atoms with Crippen LogP contribution in [0.1, 0.15) is 31.7 Å². The molecule has 3 rings (SSSR count). The monoisotopic (exact) mass is 323 g/mol. The maximum atomic E-state index is 12.3. The molecule has 7 nitrogen and oxygen atoms in total. The van der Waals surface area contributed by atoms with Gasteiger partial charge in [-0.25, -0.2) is 13.4 Å². The van der Waals surface area contributed by atoms with E-state index in [2.05, 4.69) is 9.97 Å². The molecule has 118 valence electrons. The van der Waals surface area contributed by atoms with Crippen molar-refractivity contribution in [3.05, 3.63) is 28.7 Å². The van der Waals surface area contributed by atoms with Gasteiger partial charge in [-0.1, -0.05) is 0 Å². The summed E-state index contributed by atoms with van der Waals surface area (Å²) < 4.78 is 24.8. The van der Waals surface area contributed by atoms with Gasteiger partial charge in [0.25, 0.3) is 5.56 Å². The van der Waals surface area contributed by atoms with Crippen LogP contribution in [0, 0.1) is 0 Å². The lowest BCUT2D eigenvalue weighted by atomic mass is 9.92. The summed E-state index contributed by atoms with van der Waals surface area (Å²) in [4.78, 5) is 20.2. The molecule has 1 saturated carbocycles. The second-order valence-electron chi connectivity index (χ2n) is 5.72. The van der Waals surface area contributed by atoms with Crippen LogP contribution in [0.3, 0.4) is 0 Å². The first-order valence-corrected chi connectivity index (χ1v) is 9.02. The summed E-state index contributed by atoms with van der Waals surface area (Å²) in [6.07, 6.45) is 4.76. The van der Waals surface area contributed by atoms with Crippen molar-refractivity contribution in [3.63, 3.8) is 0 Å². The van der Waals surface area contributed by atoms with Crippen LogP contribution in [0.4, 0.5) is 0 Å². The van der Waals surface area contributed by atoms with E-state index in [0.717, 1.165) is 25.5 Å². The van der Waals surface area contributed by atoms with Gasteiger partial charge in [0.05, 0.1) is 6.10 Å². The number of hydrogen-bond acceptors (Lipinski definition) is 6. The Morgan fingerprint density at radius 1 is 1.32 bits per heavy atom. The zero-order valence-corrected chi connectivity index (χ0v) is 13.0. The highest BCUT2D eigenvalue weighted by Crippen LogP contribution is 2.29. The molecular weight excluding hydrogens is 306 g/mol. The molecule has 0 spiro atoms. The molecule has 2 aromatic rings. The van der Waals surface area contributed by atoms with E-state index < -0.39 is 15.9 Å². The van der Waals surface area contributed by atoms with Crippen molar-refractivity contribution in [2.45, 2.75) is 43.0 Å². The number of nitrogens with zero attached hydrogens (tertiary/aromatic N) is 3. The zero-order chi connectivity index (χ0) is 15.9. The van der Waals surface area contributed by atoms with E-state index in [-0.39, 0.29) is 16.8 Å². The topological polar surface area (TPSA) is 102 Å². The van der Waals surface area contributed by atoms with Crippen molar-refractivity contribution >= 4 is 20.9 Å². The third-order valence-corrected chi connectivity index (χ3v) is 4.82. The van der Waals surface area contributed by atoms with Gasteiger partial charge in [-0.15, -0.1) is 0 Å². The van der Waals surface area contributed by atoms with E-state index in [9.17, 15) is 18.3 Å². The number of aliphatic hydroxyl groups excluding tert-OH is 1. The van der Waals surface area contributed by atoms with Crippen LogP contribution in [0.15, 0.2) is 28.3 Å². The van der Waals surface area contributed by atoms with E-state index >= 15 is 0 Å². The normalized spacial score (nSPS) is 22.8. The van der Waals surface area contributed by atoms with Gasteiger partial charge in [0.1, 0.15) is 5.65 Å². The summed E-state index contributed by atoms with van der Waals surface area (Å²) in [7, 11) is -3.55.